The van der Waals surface area contributed by atoms with Gasteiger partial charge < -0.3 is 5.32 Å². The molecule has 82 valence electrons. The van der Waals surface area contributed by atoms with Crippen LogP contribution in [0.15, 0.2) is 5.38 Å². The van der Waals surface area contributed by atoms with Crippen molar-refractivity contribution in [1.82, 2.24) is 19.8 Å². The second-order valence-corrected chi connectivity index (χ2v) is 5.06. The molecule has 0 amide bonds. The number of rotatable bonds is 4. The predicted molar refractivity (Wildman–Crippen MR) is 59.7 cm³/mol. The Balaban J connectivity index is 1.67. The van der Waals surface area contributed by atoms with E-state index in [0.29, 0.717) is 0 Å². The van der Waals surface area contributed by atoms with Crippen LogP contribution in [0.25, 0.3) is 0 Å². The summed E-state index contributed by atoms with van der Waals surface area (Å²) < 4.78 is 3.93. The van der Waals surface area contributed by atoms with Gasteiger partial charge in [-0.2, -0.15) is 0 Å². The molecule has 1 aliphatic heterocycles. The van der Waals surface area contributed by atoms with Crippen LogP contribution in [0.5, 0.6) is 0 Å². The van der Waals surface area contributed by atoms with Crippen molar-refractivity contribution in [3.8, 4) is 0 Å². The van der Waals surface area contributed by atoms with Crippen LogP contribution < -0.4 is 5.32 Å². The molecule has 1 saturated heterocycles. The Morgan fingerprint density at radius 3 is 2.93 bits per heavy atom. The van der Waals surface area contributed by atoms with Crippen LogP contribution in [0.2, 0.25) is 0 Å². The SMILES string of the molecule is c1snnc1CN(C1CC1)C1CCNC1. The highest BCUT2D eigenvalue weighted by Gasteiger charge is 2.35. The van der Waals surface area contributed by atoms with Gasteiger partial charge in [0.1, 0.15) is 0 Å². The minimum absolute atomic E-state index is 0.721. The van der Waals surface area contributed by atoms with Crippen molar-refractivity contribution in [3.63, 3.8) is 0 Å². The maximum atomic E-state index is 4.14. The van der Waals surface area contributed by atoms with Crippen molar-refractivity contribution in [2.45, 2.75) is 37.9 Å². The van der Waals surface area contributed by atoms with Crippen LogP contribution in [-0.4, -0.2) is 39.7 Å². The maximum Gasteiger partial charge on any atom is 0.0895 e. The smallest absolute Gasteiger partial charge is 0.0895 e. The zero-order valence-electron chi connectivity index (χ0n) is 8.72. The summed E-state index contributed by atoms with van der Waals surface area (Å²) in [7, 11) is 0. The van der Waals surface area contributed by atoms with Gasteiger partial charge in [0, 0.05) is 30.6 Å². The van der Waals surface area contributed by atoms with Crippen LogP contribution >= 0.6 is 11.5 Å². The lowest BCUT2D eigenvalue weighted by Gasteiger charge is -2.27. The highest BCUT2D eigenvalue weighted by atomic mass is 32.1. The average Bonchev–Trinajstić information content (AvgIpc) is 2.78. The van der Waals surface area contributed by atoms with Gasteiger partial charge >= 0.3 is 0 Å². The quantitative estimate of drug-likeness (QED) is 0.824. The summed E-state index contributed by atoms with van der Waals surface area (Å²) in [6.07, 6.45) is 4.02. The molecule has 1 N–H and O–H groups in total. The summed E-state index contributed by atoms with van der Waals surface area (Å²) >= 11 is 1.45. The molecule has 15 heavy (non-hydrogen) atoms. The Hall–Kier alpha value is -0.520. The Kier molecular flexibility index (Phi) is 2.68. The standard InChI is InChI=1S/C10H16N4S/c1-2-9(1)14(10-3-4-11-5-10)6-8-7-15-13-12-8/h7,9-11H,1-6H2. The van der Waals surface area contributed by atoms with E-state index in [4.69, 9.17) is 0 Å². The van der Waals surface area contributed by atoms with E-state index in [1.165, 1.54) is 37.3 Å². The molecule has 2 aliphatic rings. The molecule has 0 radical (unpaired) electrons. The van der Waals surface area contributed by atoms with Gasteiger partial charge in [0.25, 0.3) is 0 Å². The van der Waals surface area contributed by atoms with Crippen LogP contribution in [-0.2, 0) is 6.54 Å². The molecular weight excluding hydrogens is 208 g/mol. The summed E-state index contributed by atoms with van der Waals surface area (Å²) in [5.74, 6) is 0. The summed E-state index contributed by atoms with van der Waals surface area (Å²) in [5.41, 5.74) is 1.14. The van der Waals surface area contributed by atoms with Gasteiger partial charge in [-0.1, -0.05) is 4.49 Å². The van der Waals surface area contributed by atoms with E-state index < -0.39 is 0 Å². The van der Waals surface area contributed by atoms with E-state index in [1.54, 1.807) is 0 Å². The van der Waals surface area contributed by atoms with Gasteiger partial charge in [-0.05, 0) is 37.3 Å². The zero-order chi connectivity index (χ0) is 10.1. The van der Waals surface area contributed by atoms with Crippen molar-refractivity contribution in [3.05, 3.63) is 11.1 Å². The topological polar surface area (TPSA) is 41.1 Å². The van der Waals surface area contributed by atoms with Crippen LogP contribution in [0.1, 0.15) is 25.0 Å². The molecule has 1 aromatic rings. The third kappa shape index (κ3) is 2.19. The van der Waals surface area contributed by atoms with Crippen LogP contribution in [0, 0.1) is 0 Å². The molecule has 1 aliphatic carbocycles. The first kappa shape index (κ1) is 9.69. The summed E-state index contributed by atoms with van der Waals surface area (Å²) in [6, 6.07) is 1.54. The van der Waals surface area contributed by atoms with Crippen molar-refractivity contribution in [1.29, 1.82) is 0 Å². The van der Waals surface area contributed by atoms with E-state index in [-0.39, 0.29) is 0 Å². The molecule has 1 saturated carbocycles. The molecule has 4 nitrogen and oxygen atoms in total. The average molecular weight is 224 g/mol. The van der Waals surface area contributed by atoms with Crippen molar-refractivity contribution in [2.24, 2.45) is 0 Å². The molecule has 1 atom stereocenters. The highest BCUT2D eigenvalue weighted by molar-refractivity contribution is 7.03. The fourth-order valence-corrected chi connectivity index (χ4v) is 2.77. The number of nitrogens with zero attached hydrogens (tertiary/aromatic N) is 3. The molecule has 1 aromatic heterocycles. The van der Waals surface area contributed by atoms with Gasteiger partial charge in [-0.3, -0.25) is 4.90 Å². The molecule has 0 bridgehead atoms. The summed E-state index contributed by atoms with van der Waals surface area (Å²) in [5, 5.41) is 9.65. The van der Waals surface area contributed by atoms with Crippen molar-refractivity contribution >= 4 is 11.5 Å². The fourth-order valence-electron chi connectivity index (χ4n) is 2.32. The Labute approximate surface area is 93.8 Å². The number of nitrogens with one attached hydrogen (secondary N) is 1. The molecule has 2 fully saturated rings. The van der Waals surface area contributed by atoms with Crippen LogP contribution in [0.4, 0.5) is 0 Å². The summed E-state index contributed by atoms with van der Waals surface area (Å²) in [6.45, 7) is 3.31. The van der Waals surface area contributed by atoms with Gasteiger partial charge in [-0.25, -0.2) is 0 Å². The Morgan fingerprint density at radius 1 is 1.40 bits per heavy atom. The predicted octanol–water partition coefficient (Wildman–Crippen LogP) is 0.864. The molecule has 3 rings (SSSR count). The minimum atomic E-state index is 0.721. The fraction of sp³-hybridized carbons (Fsp3) is 0.800. The Bertz CT molecular complexity index is 303. The first-order chi connectivity index (χ1) is 7.43. The lowest BCUT2D eigenvalue weighted by atomic mass is 10.2. The van der Waals surface area contributed by atoms with E-state index in [9.17, 15) is 0 Å². The van der Waals surface area contributed by atoms with Gasteiger partial charge in [0.05, 0.1) is 5.69 Å². The highest BCUT2D eigenvalue weighted by Crippen LogP contribution is 2.31. The minimum Gasteiger partial charge on any atom is -0.315 e. The van der Waals surface area contributed by atoms with Gasteiger partial charge in [-0.15, -0.1) is 5.10 Å². The third-order valence-corrected chi connectivity index (χ3v) is 3.82. The summed E-state index contributed by atoms with van der Waals surface area (Å²) in [4.78, 5) is 2.62. The molecule has 5 heteroatoms. The third-order valence-electron chi connectivity index (χ3n) is 3.27. The molecule has 0 aromatic carbocycles. The lowest BCUT2D eigenvalue weighted by Crippen LogP contribution is -2.38. The lowest BCUT2D eigenvalue weighted by molar-refractivity contribution is 0.186. The van der Waals surface area contributed by atoms with E-state index >= 15 is 0 Å². The largest absolute Gasteiger partial charge is 0.315 e. The molecular formula is C10H16N4S. The van der Waals surface area contributed by atoms with Crippen LogP contribution in [0.3, 0.4) is 0 Å². The van der Waals surface area contributed by atoms with Gasteiger partial charge in [0.15, 0.2) is 0 Å². The number of hydrogen-bond acceptors (Lipinski definition) is 5. The van der Waals surface area contributed by atoms with E-state index in [2.05, 4.69) is 25.2 Å². The van der Waals surface area contributed by atoms with E-state index in [0.717, 1.165) is 30.9 Å². The van der Waals surface area contributed by atoms with E-state index in [1.807, 2.05) is 0 Å². The second kappa shape index (κ2) is 4.15. The van der Waals surface area contributed by atoms with Crippen molar-refractivity contribution < 1.29 is 0 Å². The first-order valence-corrected chi connectivity index (χ1v) is 6.49. The number of hydrogen-bond donors (Lipinski definition) is 1. The first-order valence-electron chi connectivity index (χ1n) is 5.66. The maximum absolute atomic E-state index is 4.14. The number of aromatic nitrogens is 2. The van der Waals surface area contributed by atoms with Crippen molar-refractivity contribution in [2.75, 3.05) is 13.1 Å². The van der Waals surface area contributed by atoms with Gasteiger partial charge in [0.2, 0.25) is 0 Å². The normalized spacial score (nSPS) is 26.3. The molecule has 1 unspecified atom stereocenters. The monoisotopic (exact) mass is 224 g/mol. The molecule has 2 heterocycles. The zero-order valence-corrected chi connectivity index (χ0v) is 9.54. The second-order valence-electron chi connectivity index (χ2n) is 4.45. The Morgan fingerprint density at radius 2 is 2.33 bits per heavy atom. The molecule has 0 spiro atoms.